The first-order chi connectivity index (χ1) is 13.0. The molecule has 0 saturated carbocycles. The van der Waals surface area contributed by atoms with Crippen molar-refractivity contribution >= 4 is 41.4 Å². The first kappa shape index (κ1) is 24.5. The third-order valence-corrected chi connectivity index (χ3v) is 5.34. The first-order valence-corrected chi connectivity index (χ1v) is 10.7. The Morgan fingerprint density at radius 1 is 1.32 bits per heavy atom. The molecular weight excluding hydrogens is 419 g/mol. The lowest BCUT2D eigenvalue weighted by Crippen LogP contribution is -2.19. The van der Waals surface area contributed by atoms with Crippen molar-refractivity contribution < 1.29 is 13.9 Å². The van der Waals surface area contributed by atoms with Crippen LogP contribution in [0.2, 0.25) is 0 Å². The van der Waals surface area contributed by atoms with E-state index in [2.05, 4.69) is 16.3 Å². The number of nitrogens with zero attached hydrogens (tertiary/aromatic N) is 1. The summed E-state index contributed by atoms with van der Waals surface area (Å²) >= 11 is 3.19. The fraction of sp³-hybridized carbons (Fsp3) is 0.350. The first-order valence-electron chi connectivity index (χ1n) is 8.64. The predicted octanol–water partition coefficient (Wildman–Crippen LogP) is 4.70. The zero-order valence-electron chi connectivity index (χ0n) is 16.0. The number of hydrogen-bond acceptors (Lipinski definition) is 5. The molecule has 0 fully saturated rings. The standard InChI is InChI=1S/C20H25FN2O2S2.ClH/c1-23(2)12-19-11-18(14-27-19)25-10-4-3-9-22-20(24)15-26-13-16-5-7-17(21)8-6-16;/h3,5-9,11,14H,4,10,12-13,15H2,1-2H3,(H,22,24);1H/b9-3-;. The van der Waals surface area contributed by atoms with Gasteiger partial charge in [0.2, 0.25) is 5.91 Å². The molecule has 0 spiro atoms. The van der Waals surface area contributed by atoms with E-state index < -0.39 is 0 Å². The van der Waals surface area contributed by atoms with E-state index in [1.54, 1.807) is 29.7 Å². The monoisotopic (exact) mass is 444 g/mol. The zero-order chi connectivity index (χ0) is 19.5. The number of amides is 1. The van der Waals surface area contributed by atoms with Gasteiger partial charge in [-0.05, 0) is 44.1 Å². The Bertz CT molecular complexity index is 736. The fourth-order valence-corrected chi connectivity index (χ4v) is 3.91. The Balaban J connectivity index is 0.00000392. The number of benzene rings is 1. The SMILES string of the molecule is CN(C)Cc1cc(OCC/C=C\NC(=O)CSCc2ccc(F)cc2)cs1.Cl. The van der Waals surface area contributed by atoms with Gasteiger partial charge in [-0.25, -0.2) is 4.39 Å². The second-order valence-corrected chi connectivity index (χ2v) is 8.19. The van der Waals surface area contributed by atoms with Gasteiger partial charge in [0.15, 0.2) is 0 Å². The van der Waals surface area contributed by atoms with Crippen molar-refractivity contribution in [3.63, 3.8) is 0 Å². The molecule has 154 valence electrons. The molecule has 1 N–H and O–H groups in total. The molecule has 0 radical (unpaired) electrons. The van der Waals surface area contributed by atoms with Crippen molar-refractivity contribution in [2.45, 2.75) is 18.7 Å². The lowest BCUT2D eigenvalue weighted by molar-refractivity contribution is -0.117. The van der Waals surface area contributed by atoms with Gasteiger partial charge in [-0.2, -0.15) is 0 Å². The number of thiophene rings is 1. The number of carbonyl (C=O) groups is 1. The summed E-state index contributed by atoms with van der Waals surface area (Å²) in [6.07, 6.45) is 4.27. The largest absolute Gasteiger partial charge is 0.492 e. The maximum Gasteiger partial charge on any atom is 0.233 e. The van der Waals surface area contributed by atoms with Gasteiger partial charge in [-0.1, -0.05) is 18.2 Å². The Morgan fingerprint density at radius 3 is 2.79 bits per heavy atom. The van der Waals surface area contributed by atoms with Gasteiger partial charge < -0.3 is 15.0 Å². The topological polar surface area (TPSA) is 41.6 Å². The van der Waals surface area contributed by atoms with E-state index >= 15 is 0 Å². The number of hydrogen-bond donors (Lipinski definition) is 1. The highest BCUT2D eigenvalue weighted by atomic mass is 35.5. The van der Waals surface area contributed by atoms with E-state index in [-0.39, 0.29) is 24.1 Å². The average Bonchev–Trinajstić information content (AvgIpc) is 3.06. The molecule has 1 aromatic heterocycles. The summed E-state index contributed by atoms with van der Waals surface area (Å²) in [6, 6.07) is 8.39. The van der Waals surface area contributed by atoms with Gasteiger partial charge in [-0.3, -0.25) is 4.79 Å². The molecular formula is C20H26ClFN2O2S2. The molecule has 1 aromatic carbocycles. The van der Waals surface area contributed by atoms with Crippen LogP contribution in [-0.2, 0) is 17.1 Å². The van der Waals surface area contributed by atoms with Crippen LogP contribution in [0.4, 0.5) is 4.39 Å². The Hall–Kier alpha value is -1.54. The van der Waals surface area contributed by atoms with E-state index in [9.17, 15) is 9.18 Å². The molecule has 0 aliphatic rings. The summed E-state index contributed by atoms with van der Waals surface area (Å²) in [5.41, 5.74) is 1.00. The van der Waals surface area contributed by atoms with Crippen molar-refractivity contribution in [2.24, 2.45) is 0 Å². The third kappa shape index (κ3) is 10.1. The van der Waals surface area contributed by atoms with E-state index in [4.69, 9.17) is 4.74 Å². The van der Waals surface area contributed by atoms with Gasteiger partial charge in [0, 0.05) is 29.0 Å². The molecule has 8 heteroatoms. The van der Waals surface area contributed by atoms with Gasteiger partial charge in [0.25, 0.3) is 0 Å². The van der Waals surface area contributed by atoms with Gasteiger partial charge in [-0.15, -0.1) is 35.5 Å². The van der Waals surface area contributed by atoms with E-state index in [0.717, 1.165) is 24.3 Å². The highest BCUT2D eigenvalue weighted by Crippen LogP contribution is 2.22. The van der Waals surface area contributed by atoms with Crippen molar-refractivity contribution in [2.75, 3.05) is 26.5 Å². The maximum absolute atomic E-state index is 12.8. The van der Waals surface area contributed by atoms with Gasteiger partial charge in [0.1, 0.15) is 11.6 Å². The average molecular weight is 445 g/mol. The third-order valence-electron chi connectivity index (χ3n) is 3.43. The molecule has 4 nitrogen and oxygen atoms in total. The van der Waals surface area contributed by atoms with Crippen molar-refractivity contribution in [3.05, 3.63) is 64.2 Å². The molecule has 0 aliphatic carbocycles. The maximum atomic E-state index is 12.8. The smallest absolute Gasteiger partial charge is 0.233 e. The molecule has 0 unspecified atom stereocenters. The predicted molar refractivity (Wildman–Crippen MR) is 119 cm³/mol. The summed E-state index contributed by atoms with van der Waals surface area (Å²) in [7, 11) is 4.08. The second-order valence-electron chi connectivity index (χ2n) is 6.21. The molecule has 2 rings (SSSR count). The fourth-order valence-electron chi connectivity index (χ4n) is 2.19. The summed E-state index contributed by atoms with van der Waals surface area (Å²) in [6.45, 7) is 1.49. The van der Waals surface area contributed by atoms with Crippen molar-refractivity contribution in [1.29, 1.82) is 0 Å². The molecule has 0 saturated heterocycles. The molecule has 0 bridgehead atoms. The van der Waals surface area contributed by atoms with Crippen LogP contribution in [0.15, 0.2) is 48.0 Å². The van der Waals surface area contributed by atoms with Crippen LogP contribution >= 0.6 is 35.5 Å². The van der Waals surface area contributed by atoms with Crippen molar-refractivity contribution in [3.8, 4) is 5.75 Å². The number of thioether (sulfide) groups is 1. The molecule has 0 atom stereocenters. The lowest BCUT2D eigenvalue weighted by atomic mass is 10.2. The minimum atomic E-state index is -0.247. The Labute approximate surface area is 180 Å². The lowest BCUT2D eigenvalue weighted by Gasteiger charge is -2.06. The van der Waals surface area contributed by atoms with Gasteiger partial charge >= 0.3 is 0 Å². The molecule has 28 heavy (non-hydrogen) atoms. The van der Waals surface area contributed by atoms with E-state index in [0.29, 0.717) is 18.1 Å². The molecule has 1 heterocycles. The minimum absolute atomic E-state index is 0. The van der Waals surface area contributed by atoms with Crippen LogP contribution < -0.4 is 10.1 Å². The highest BCUT2D eigenvalue weighted by Gasteiger charge is 2.02. The van der Waals surface area contributed by atoms with Gasteiger partial charge in [0.05, 0.1) is 12.4 Å². The number of carbonyl (C=O) groups excluding carboxylic acids is 1. The van der Waals surface area contributed by atoms with Crippen LogP contribution in [0.25, 0.3) is 0 Å². The quantitative estimate of drug-likeness (QED) is 0.510. The van der Waals surface area contributed by atoms with Crippen LogP contribution in [0, 0.1) is 5.82 Å². The Kier molecular flexibility index (Phi) is 11.9. The van der Waals surface area contributed by atoms with Crippen LogP contribution in [0.3, 0.4) is 0 Å². The summed E-state index contributed by atoms with van der Waals surface area (Å²) in [4.78, 5) is 15.2. The van der Waals surface area contributed by atoms with E-state index in [1.165, 1.54) is 28.8 Å². The summed E-state index contributed by atoms with van der Waals surface area (Å²) < 4.78 is 18.5. The number of halogens is 2. The summed E-state index contributed by atoms with van der Waals surface area (Å²) in [5.74, 6) is 1.64. The zero-order valence-corrected chi connectivity index (χ0v) is 18.5. The Morgan fingerprint density at radius 2 is 2.07 bits per heavy atom. The van der Waals surface area contributed by atoms with Crippen LogP contribution in [0.5, 0.6) is 5.75 Å². The number of rotatable bonds is 11. The summed E-state index contributed by atoms with van der Waals surface area (Å²) in [5, 5.41) is 4.76. The molecule has 2 aromatic rings. The van der Waals surface area contributed by atoms with Crippen LogP contribution in [0.1, 0.15) is 16.9 Å². The normalized spacial score (nSPS) is 10.9. The second kappa shape index (κ2) is 13.6. The number of ether oxygens (including phenoxy) is 1. The van der Waals surface area contributed by atoms with Crippen molar-refractivity contribution in [1.82, 2.24) is 10.2 Å². The molecule has 0 aliphatic heterocycles. The van der Waals surface area contributed by atoms with E-state index in [1.807, 2.05) is 25.6 Å². The van der Waals surface area contributed by atoms with Crippen LogP contribution in [-0.4, -0.2) is 37.3 Å². The minimum Gasteiger partial charge on any atom is -0.492 e. The highest BCUT2D eigenvalue weighted by molar-refractivity contribution is 7.99. The molecule has 1 amide bonds. The number of nitrogens with one attached hydrogen (secondary N) is 1.